The molecule has 1 saturated heterocycles. The number of rotatable bonds is 5. The molecule has 2 fully saturated rings. The van der Waals surface area contributed by atoms with Crippen LogP contribution in [0.15, 0.2) is 28.7 Å². The Bertz CT molecular complexity index is 772. The summed E-state index contributed by atoms with van der Waals surface area (Å²) >= 11 is 0. The molecule has 1 aromatic carbocycles. The van der Waals surface area contributed by atoms with Gasteiger partial charge in [-0.15, -0.1) is 0 Å². The number of oxazole rings is 1. The average molecular weight is 355 g/mol. The molecule has 2 heterocycles. The predicted octanol–water partition coefficient (Wildman–Crippen LogP) is 3.99. The molecular weight excluding hydrogens is 330 g/mol. The second-order valence-electron chi connectivity index (χ2n) is 7.28. The Hall–Kier alpha value is -2.34. The standard InChI is InChI=1S/C20H25N3O3/c1-13-14(2)26-19(21-13)16-4-3-5-17(10-16)22-20(24)23(18-6-7-18)11-15-8-9-25-12-15/h3-5,10,15,18H,6-9,11-12H2,1-2H3,(H,22,24)/t15-/m1/s1. The summed E-state index contributed by atoms with van der Waals surface area (Å²) in [7, 11) is 0. The summed E-state index contributed by atoms with van der Waals surface area (Å²) in [6.07, 6.45) is 3.22. The Morgan fingerprint density at radius 2 is 2.15 bits per heavy atom. The first kappa shape index (κ1) is 17.1. The summed E-state index contributed by atoms with van der Waals surface area (Å²) in [5, 5.41) is 3.05. The van der Waals surface area contributed by atoms with Crippen LogP contribution in [0.3, 0.4) is 0 Å². The maximum Gasteiger partial charge on any atom is 0.322 e. The van der Waals surface area contributed by atoms with Gasteiger partial charge in [0.15, 0.2) is 0 Å². The molecule has 1 saturated carbocycles. The monoisotopic (exact) mass is 355 g/mol. The topological polar surface area (TPSA) is 67.6 Å². The fourth-order valence-electron chi connectivity index (χ4n) is 3.31. The van der Waals surface area contributed by atoms with Crippen molar-refractivity contribution in [3.05, 3.63) is 35.7 Å². The lowest BCUT2D eigenvalue weighted by Crippen LogP contribution is -2.40. The molecule has 0 unspecified atom stereocenters. The number of amides is 2. The Kier molecular flexibility index (Phi) is 4.68. The maximum atomic E-state index is 12.8. The van der Waals surface area contributed by atoms with E-state index in [1.54, 1.807) is 0 Å². The zero-order valence-electron chi connectivity index (χ0n) is 15.3. The quantitative estimate of drug-likeness (QED) is 0.880. The number of urea groups is 1. The number of benzene rings is 1. The largest absolute Gasteiger partial charge is 0.441 e. The van der Waals surface area contributed by atoms with Crippen LogP contribution < -0.4 is 5.32 Å². The van der Waals surface area contributed by atoms with Gasteiger partial charge in [-0.05, 0) is 51.3 Å². The van der Waals surface area contributed by atoms with Crippen molar-refractivity contribution in [1.29, 1.82) is 0 Å². The van der Waals surface area contributed by atoms with E-state index < -0.39 is 0 Å². The second kappa shape index (κ2) is 7.11. The van der Waals surface area contributed by atoms with Gasteiger partial charge in [0.1, 0.15) is 5.76 Å². The van der Waals surface area contributed by atoms with Gasteiger partial charge in [-0.3, -0.25) is 0 Å². The molecule has 1 atom stereocenters. The third-order valence-electron chi connectivity index (χ3n) is 5.12. The van der Waals surface area contributed by atoms with Gasteiger partial charge in [0.25, 0.3) is 0 Å². The number of hydrogen-bond acceptors (Lipinski definition) is 4. The highest BCUT2D eigenvalue weighted by Gasteiger charge is 2.34. The van der Waals surface area contributed by atoms with Crippen molar-refractivity contribution in [2.75, 3.05) is 25.1 Å². The van der Waals surface area contributed by atoms with Crippen LogP contribution >= 0.6 is 0 Å². The van der Waals surface area contributed by atoms with E-state index >= 15 is 0 Å². The van der Waals surface area contributed by atoms with Crippen molar-refractivity contribution >= 4 is 11.7 Å². The zero-order chi connectivity index (χ0) is 18.1. The van der Waals surface area contributed by atoms with Crippen LogP contribution in [0.5, 0.6) is 0 Å². The Balaban J connectivity index is 1.47. The molecule has 2 aliphatic rings. The van der Waals surface area contributed by atoms with Crippen molar-refractivity contribution in [2.45, 2.75) is 39.2 Å². The summed E-state index contributed by atoms with van der Waals surface area (Å²) in [6.45, 7) is 6.16. The fourth-order valence-corrected chi connectivity index (χ4v) is 3.31. The summed E-state index contributed by atoms with van der Waals surface area (Å²) in [4.78, 5) is 19.2. The first-order valence-corrected chi connectivity index (χ1v) is 9.30. The minimum Gasteiger partial charge on any atom is -0.441 e. The molecule has 138 valence electrons. The fraction of sp³-hybridized carbons (Fsp3) is 0.500. The first-order chi connectivity index (χ1) is 12.6. The molecule has 0 radical (unpaired) electrons. The molecule has 1 aliphatic heterocycles. The van der Waals surface area contributed by atoms with Crippen LogP contribution in [0.1, 0.15) is 30.7 Å². The number of nitrogens with one attached hydrogen (secondary N) is 1. The van der Waals surface area contributed by atoms with E-state index in [1.165, 1.54) is 0 Å². The minimum atomic E-state index is -0.0312. The third kappa shape index (κ3) is 3.75. The molecule has 1 N–H and O–H groups in total. The molecular formula is C20H25N3O3. The molecule has 1 aromatic heterocycles. The van der Waals surface area contributed by atoms with Crippen LogP contribution in [0.25, 0.3) is 11.5 Å². The van der Waals surface area contributed by atoms with E-state index in [9.17, 15) is 4.79 Å². The van der Waals surface area contributed by atoms with Crippen LogP contribution in [0.2, 0.25) is 0 Å². The molecule has 1 aliphatic carbocycles. The number of carbonyl (C=O) groups is 1. The van der Waals surface area contributed by atoms with Crippen molar-refractivity contribution < 1.29 is 13.9 Å². The number of aromatic nitrogens is 1. The third-order valence-corrected chi connectivity index (χ3v) is 5.12. The van der Waals surface area contributed by atoms with Crippen LogP contribution in [-0.4, -0.2) is 41.7 Å². The second-order valence-corrected chi connectivity index (χ2v) is 7.28. The molecule has 6 heteroatoms. The summed E-state index contributed by atoms with van der Waals surface area (Å²) in [5.74, 6) is 1.84. The lowest BCUT2D eigenvalue weighted by atomic mass is 10.1. The van der Waals surface area contributed by atoms with E-state index in [1.807, 2.05) is 43.0 Å². The highest BCUT2D eigenvalue weighted by atomic mass is 16.5. The van der Waals surface area contributed by atoms with Crippen molar-refractivity contribution in [3.8, 4) is 11.5 Å². The predicted molar refractivity (Wildman–Crippen MR) is 99.1 cm³/mol. The molecule has 26 heavy (non-hydrogen) atoms. The number of aryl methyl sites for hydroxylation is 2. The lowest BCUT2D eigenvalue weighted by molar-refractivity contribution is 0.167. The molecule has 4 rings (SSSR count). The van der Waals surface area contributed by atoms with Crippen molar-refractivity contribution in [3.63, 3.8) is 0 Å². The van der Waals surface area contributed by atoms with E-state index in [4.69, 9.17) is 9.15 Å². The minimum absolute atomic E-state index is 0.0312. The van der Waals surface area contributed by atoms with Gasteiger partial charge in [-0.2, -0.15) is 0 Å². The lowest BCUT2D eigenvalue weighted by Gasteiger charge is -2.25. The van der Waals surface area contributed by atoms with Gasteiger partial charge in [-0.25, -0.2) is 9.78 Å². The number of nitrogens with zero attached hydrogens (tertiary/aromatic N) is 2. The normalized spacial score (nSPS) is 19.5. The highest BCUT2D eigenvalue weighted by Crippen LogP contribution is 2.30. The van der Waals surface area contributed by atoms with E-state index in [2.05, 4.69) is 10.3 Å². The number of ether oxygens (including phenoxy) is 1. The maximum absolute atomic E-state index is 12.8. The smallest absolute Gasteiger partial charge is 0.322 e. The molecule has 2 amide bonds. The zero-order valence-corrected chi connectivity index (χ0v) is 15.3. The summed E-state index contributed by atoms with van der Waals surface area (Å²) in [5.41, 5.74) is 2.50. The van der Waals surface area contributed by atoms with Crippen LogP contribution in [0, 0.1) is 19.8 Å². The summed E-state index contributed by atoms with van der Waals surface area (Å²) < 4.78 is 11.2. The summed E-state index contributed by atoms with van der Waals surface area (Å²) in [6, 6.07) is 7.99. The van der Waals surface area contributed by atoms with Crippen LogP contribution in [-0.2, 0) is 4.74 Å². The van der Waals surface area contributed by atoms with Gasteiger partial charge < -0.3 is 19.4 Å². The van der Waals surface area contributed by atoms with Gasteiger partial charge in [-0.1, -0.05) is 6.07 Å². The number of hydrogen-bond donors (Lipinski definition) is 1. The van der Waals surface area contributed by atoms with Crippen molar-refractivity contribution in [2.24, 2.45) is 5.92 Å². The molecule has 6 nitrogen and oxygen atoms in total. The van der Waals surface area contributed by atoms with Crippen molar-refractivity contribution in [1.82, 2.24) is 9.88 Å². The molecule has 0 spiro atoms. The van der Waals surface area contributed by atoms with Gasteiger partial charge >= 0.3 is 6.03 Å². The highest BCUT2D eigenvalue weighted by molar-refractivity contribution is 5.90. The van der Waals surface area contributed by atoms with Gasteiger partial charge in [0.2, 0.25) is 5.89 Å². The average Bonchev–Trinajstić information content (AvgIpc) is 3.23. The Morgan fingerprint density at radius 1 is 1.31 bits per heavy atom. The molecule has 2 aromatic rings. The van der Waals surface area contributed by atoms with Gasteiger partial charge in [0, 0.05) is 36.4 Å². The van der Waals surface area contributed by atoms with E-state index in [0.29, 0.717) is 17.9 Å². The SMILES string of the molecule is Cc1nc(-c2cccc(NC(=O)N(C[C@H]3CCOC3)C3CC3)c2)oc1C. The Labute approximate surface area is 153 Å². The number of carbonyl (C=O) groups excluding carboxylic acids is 1. The number of anilines is 1. The van der Waals surface area contributed by atoms with E-state index in [-0.39, 0.29) is 6.03 Å². The molecule has 0 bridgehead atoms. The van der Waals surface area contributed by atoms with E-state index in [0.717, 1.165) is 61.7 Å². The Morgan fingerprint density at radius 3 is 2.81 bits per heavy atom. The first-order valence-electron chi connectivity index (χ1n) is 9.30. The van der Waals surface area contributed by atoms with Gasteiger partial charge in [0.05, 0.1) is 12.3 Å². The van der Waals surface area contributed by atoms with Crippen LogP contribution in [0.4, 0.5) is 10.5 Å².